The third-order valence-corrected chi connectivity index (χ3v) is 5.74. The molecule has 1 atom stereocenters. The van der Waals surface area contributed by atoms with Gasteiger partial charge in [0.1, 0.15) is 0 Å². The largest absolute Gasteiger partial charge is 0.300 e. The average molecular weight is 360 g/mol. The number of benzene rings is 2. The predicted molar refractivity (Wildman–Crippen MR) is 118 cm³/mol. The summed E-state index contributed by atoms with van der Waals surface area (Å²) in [7, 11) is 0. The topological polar surface area (TPSA) is 3.24 Å². The number of aryl methyl sites for hydroxylation is 1. The van der Waals surface area contributed by atoms with Crippen molar-refractivity contribution < 1.29 is 0 Å². The molecular weight excluding hydrogens is 326 g/mol. The van der Waals surface area contributed by atoms with Gasteiger partial charge in [0.05, 0.1) is 0 Å². The Balaban J connectivity index is 1.70. The number of hydrogen-bond donors (Lipinski definition) is 0. The molecule has 3 rings (SSSR count). The quantitative estimate of drug-likeness (QED) is 0.366. The first-order valence-corrected chi connectivity index (χ1v) is 10.5. The Hall–Kier alpha value is -2.12. The molecule has 2 aromatic carbocycles. The van der Waals surface area contributed by atoms with Crippen LogP contribution >= 0.6 is 0 Å². The van der Waals surface area contributed by atoms with Crippen LogP contribution in [0.1, 0.15) is 55.7 Å². The van der Waals surface area contributed by atoms with Gasteiger partial charge in [-0.3, -0.25) is 0 Å². The fourth-order valence-corrected chi connectivity index (χ4v) is 4.13. The molecular formula is C26H33N. The lowest BCUT2D eigenvalue weighted by atomic mass is 9.87. The van der Waals surface area contributed by atoms with Crippen LogP contribution in [0.5, 0.6) is 0 Å². The predicted octanol–water partition coefficient (Wildman–Crippen LogP) is 6.48. The maximum Gasteiger partial charge on any atom is 0.0162 e. The molecule has 1 aliphatic rings. The van der Waals surface area contributed by atoms with Crippen molar-refractivity contribution in [1.29, 1.82) is 0 Å². The zero-order valence-corrected chi connectivity index (χ0v) is 16.9. The van der Waals surface area contributed by atoms with E-state index in [-0.39, 0.29) is 0 Å². The summed E-state index contributed by atoms with van der Waals surface area (Å²) in [6, 6.07) is 20.0. The molecule has 0 amide bonds. The van der Waals surface area contributed by atoms with Gasteiger partial charge in [0, 0.05) is 12.5 Å². The molecule has 0 radical (unpaired) electrons. The first-order valence-electron chi connectivity index (χ1n) is 10.5. The summed E-state index contributed by atoms with van der Waals surface area (Å²) in [5.74, 6) is 0.545. The zero-order valence-electron chi connectivity index (χ0n) is 16.9. The van der Waals surface area contributed by atoms with Gasteiger partial charge in [-0.2, -0.15) is 0 Å². The lowest BCUT2D eigenvalue weighted by Crippen LogP contribution is -2.22. The van der Waals surface area contributed by atoms with E-state index >= 15 is 0 Å². The highest BCUT2D eigenvalue weighted by Gasteiger charge is 2.25. The lowest BCUT2D eigenvalue weighted by Gasteiger charge is -2.17. The second-order valence-electron chi connectivity index (χ2n) is 7.35. The monoisotopic (exact) mass is 359 g/mol. The van der Waals surface area contributed by atoms with Crippen molar-refractivity contribution >= 4 is 5.57 Å². The highest BCUT2D eigenvalue weighted by Crippen LogP contribution is 2.42. The van der Waals surface area contributed by atoms with Gasteiger partial charge < -0.3 is 4.90 Å². The van der Waals surface area contributed by atoms with Crippen LogP contribution in [-0.2, 0) is 6.42 Å². The van der Waals surface area contributed by atoms with Gasteiger partial charge in [0.25, 0.3) is 0 Å². The van der Waals surface area contributed by atoms with Crippen molar-refractivity contribution in [3.63, 3.8) is 0 Å². The molecule has 0 saturated heterocycles. The van der Waals surface area contributed by atoms with Crippen molar-refractivity contribution in [2.24, 2.45) is 0 Å². The van der Waals surface area contributed by atoms with Crippen molar-refractivity contribution in [3.8, 4) is 0 Å². The molecule has 1 nitrogen and oxygen atoms in total. The summed E-state index contributed by atoms with van der Waals surface area (Å²) in [4.78, 5) is 2.44. The number of hydrogen-bond acceptors (Lipinski definition) is 1. The van der Waals surface area contributed by atoms with Gasteiger partial charge in [0.2, 0.25) is 0 Å². The summed E-state index contributed by atoms with van der Waals surface area (Å²) < 4.78 is 0. The smallest absolute Gasteiger partial charge is 0.0162 e. The maximum absolute atomic E-state index is 2.49. The van der Waals surface area contributed by atoms with E-state index in [9.17, 15) is 0 Å². The fourth-order valence-electron chi connectivity index (χ4n) is 4.13. The summed E-state index contributed by atoms with van der Waals surface area (Å²) >= 11 is 0. The Morgan fingerprint density at radius 3 is 2.44 bits per heavy atom. The van der Waals surface area contributed by atoms with E-state index in [0.29, 0.717) is 5.92 Å². The van der Waals surface area contributed by atoms with Crippen molar-refractivity contribution in [3.05, 3.63) is 89.5 Å². The minimum Gasteiger partial charge on any atom is -0.300 e. The molecule has 0 spiro atoms. The molecule has 1 unspecified atom stereocenters. The van der Waals surface area contributed by atoms with Gasteiger partial charge in [-0.25, -0.2) is 0 Å². The first kappa shape index (κ1) is 19.6. The number of likely N-dealkylation sites (N-methyl/N-ethyl adjacent to an activating group) is 1. The molecule has 0 heterocycles. The van der Waals surface area contributed by atoms with Crippen LogP contribution in [0.3, 0.4) is 0 Å². The number of rotatable bonds is 9. The second kappa shape index (κ2) is 10.3. The van der Waals surface area contributed by atoms with E-state index in [2.05, 4.69) is 91.6 Å². The first-order chi connectivity index (χ1) is 13.3. The third-order valence-electron chi connectivity index (χ3n) is 5.74. The van der Waals surface area contributed by atoms with Gasteiger partial charge >= 0.3 is 0 Å². The Labute approximate surface area is 165 Å². The maximum atomic E-state index is 2.49. The van der Waals surface area contributed by atoms with Crippen molar-refractivity contribution in [1.82, 2.24) is 4.90 Å². The highest BCUT2D eigenvalue weighted by molar-refractivity contribution is 5.73. The van der Waals surface area contributed by atoms with Gasteiger partial charge in [-0.1, -0.05) is 86.7 Å². The zero-order chi connectivity index (χ0) is 18.9. The second-order valence-corrected chi connectivity index (χ2v) is 7.35. The van der Waals surface area contributed by atoms with E-state index in [1.807, 2.05) is 0 Å². The summed E-state index contributed by atoms with van der Waals surface area (Å²) in [6.45, 7) is 7.77. The minimum atomic E-state index is 0.545. The standard InChI is InChI=1S/C26H33N/c1-3-27(4-2)21-13-6-5-10-17-24(22-14-8-7-9-15-22)26-20-19-23-16-11-12-18-25(23)26/h6-9,11-18,26H,3-5,10,19-21H2,1-2H3. The Bertz CT molecular complexity index is 753. The Morgan fingerprint density at radius 1 is 0.926 bits per heavy atom. The van der Waals surface area contributed by atoms with E-state index in [1.54, 1.807) is 0 Å². The van der Waals surface area contributed by atoms with E-state index in [0.717, 1.165) is 32.5 Å². The molecule has 2 aromatic rings. The van der Waals surface area contributed by atoms with Crippen LogP contribution in [0.4, 0.5) is 0 Å². The molecule has 0 aliphatic heterocycles. The number of nitrogens with zero attached hydrogens (tertiary/aromatic N) is 1. The molecule has 27 heavy (non-hydrogen) atoms. The number of unbranched alkanes of at least 4 members (excludes halogenated alkanes) is 1. The van der Waals surface area contributed by atoms with Gasteiger partial charge in [0.15, 0.2) is 0 Å². The Morgan fingerprint density at radius 2 is 1.67 bits per heavy atom. The average Bonchev–Trinajstić information content (AvgIpc) is 3.15. The van der Waals surface area contributed by atoms with Gasteiger partial charge in [-0.05, 0) is 61.0 Å². The summed E-state index contributed by atoms with van der Waals surface area (Å²) in [5.41, 5.74) is 5.96. The number of fused-ring (bicyclic) bond motifs is 1. The lowest BCUT2D eigenvalue weighted by molar-refractivity contribution is 0.337. The Kier molecular flexibility index (Phi) is 7.47. The van der Waals surface area contributed by atoms with Crippen LogP contribution in [0.2, 0.25) is 0 Å². The van der Waals surface area contributed by atoms with Crippen molar-refractivity contribution in [2.75, 3.05) is 19.6 Å². The molecule has 1 aliphatic carbocycles. The van der Waals surface area contributed by atoms with Crippen LogP contribution < -0.4 is 0 Å². The number of allylic oxidation sites excluding steroid dienone is 3. The molecule has 0 bridgehead atoms. The molecule has 1 heteroatoms. The highest BCUT2D eigenvalue weighted by atomic mass is 15.1. The van der Waals surface area contributed by atoms with Crippen LogP contribution in [0.15, 0.2) is 72.8 Å². The molecule has 0 aromatic heterocycles. The molecule has 142 valence electrons. The van der Waals surface area contributed by atoms with E-state index in [1.165, 1.54) is 35.1 Å². The van der Waals surface area contributed by atoms with E-state index < -0.39 is 0 Å². The fraction of sp³-hybridized carbons (Fsp3) is 0.385. The molecule has 0 N–H and O–H groups in total. The normalized spacial score (nSPS) is 17.0. The van der Waals surface area contributed by atoms with Crippen LogP contribution in [-0.4, -0.2) is 24.5 Å². The molecule has 0 saturated carbocycles. The van der Waals surface area contributed by atoms with Crippen molar-refractivity contribution in [2.45, 2.75) is 45.4 Å². The van der Waals surface area contributed by atoms with Crippen LogP contribution in [0, 0.1) is 0 Å². The minimum absolute atomic E-state index is 0.545. The SMILES string of the molecule is CCN(CC)CC=CCCC=C(c1ccccc1)C1CCc2ccccc21. The van der Waals surface area contributed by atoms with E-state index in [4.69, 9.17) is 0 Å². The summed E-state index contributed by atoms with van der Waals surface area (Å²) in [5, 5.41) is 0. The van der Waals surface area contributed by atoms with Crippen LogP contribution in [0.25, 0.3) is 5.57 Å². The molecule has 0 fully saturated rings. The third kappa shape index (κ3) is 5.20. The van der Waals surface area contributed by atoms with Gasteiger partial charge in [-0.15, -0.1) is 0 Å². The summed E-state index contributed by atoms with van der Waals surface area (Å²) in [6.07, 6.45) is 11.8.